The molecule has 1 aliphatic carbocycles. The highest BCUT2D eigenvalue weighted by molar-refractivity contribution is 5.93. The molecule has 6 nitrogen and oxygen atoms in total. The number of carbonyl (C=O) groups excluding carboxylic acids is 2. The van der Waals surface area contributed by atoms with E-state index in [2.05, 4.69) is 34.7 Å². The van der Waals surface area contributed by atoms with Gasteiger partial charge in [0.05, 0.1) is 18.3 Å². The fourth-order valence-electron chi connectivity index (χ4n) is 5.17. The molecule has 0 spiro atoms. The topological polar surface area (TPSA) is 82.0 Å². The van der Waals surface area contributed by atoms with E-state index in [9.17, 15) is 9.59 Å². The molecule has 2 fully saturated rings. The number of benzene rings is 1. The zero-order valence-corrected chi connectivity index (χ0v) is 16.2. The predicted octanol–water partition coefficient (Wildman–Crippen LogP) is 2.18. The molecule has 0 radical (unpaired) electrons. The van der Waals surface area contributed by atoms with E-state index in [1.165, 1.54) is 17.3 Å². The van der Waals surface area contributed by atoms with E-state index in [1.54, 1.807) is 4.90 Å². The van der Waals surface area contributed by atoms with Crippen LogP contribution in [0.3, 0.4) is 0 Å². The lowest BCUT2D eigenvalue weighted by atomic mass is 9.79. The molecule has 6 heteroatoms. The largest absolute Gasteiger partial charge is 0.411 e. The summed E-state index contributed by atoms with van der Waals surface area (Å²) < 4.78 is 0. The van der Waals surface area contributed by atoms with Gasteiger partial charge < -0.3 is 15.4 Å². The average molecular weight is 383 g/mol. The van der Waals surface area contributed by atoms with Crippen molar-refractivity contribution < 1.29 is 14.8 Å². The van der Waals surface area contributed by atoms with Crippen molar-refractivity contribution in [3.8, 4) is 0 Å². The van der Waals surface area contributed by atoms with Crippen LogP contribution in [-0.4, -0.2) is 53.2 Å². The van der Waals surface area contributed by atoms with Gasteiger partial charge in [-0.3, -0.25) is 9.59 Å². The molecule has 2 heterocycles. The van der Waals surface area contributed by atoms with Crippen molar-refractivity contribution in [3.05, 3.63) is 35.4 Å². The normalized spacial score (nSPS) is 29.9. The van der Waals surface area contributed by atoms with E-state index >= 15 is 0 Å². The van der Waals surface area contributed by atoms with Crippen LogP contribution in [0, 0.1) is 11.8 Å². The standard InChI is InChI=1S/C22H29N3O3/c26-20(13-15-7-8-16-4-1-2-5-17(16)12-15)19-9-10-23-21(19)22(27)25-11-3-6-18(25)14-24-28/h1-2,4-5,14-15,18-19,21,23,28H,3,6-13H2/t15?,18-,19?,21+/m0/s1. The van der Waals surface area contributed by atoms with Gasteiger partial charge in [-0.05, 0) is 62.1 Å². The van der Waals surface area contributed by atoms with Crippen LogP contribution in [-0.2, 0) is 22.4 Å². The number of rotatable bonds is 5. The number of hydrogen-bond acceptors (Lipinski definition) is 5. The summed E-state index contributed by atoms with van der Waals surface area (Å²) in [4.78, 5) is 27.9. The summed E-state index contributed by atoms with van der Waals surface area (Å²) in [5, 5.41) is 15.2. The zero-order valence-electron chi connectivity index (χ0n) is 16.2. The third-order valence-electron chi connectivity index (χ3n) is 6.66. The zero-order chi connectivity index (χ0) is 19.5. The van der Waals surface area contributed by atoms with E-state index in [4.69, 9.17) is 5.21 Å². The smallest absolute Gasteiger partial charge is 0.241 e. The predicted molar refractivity (Wildman–Crippen MR) is 106 cm³/mol. The Kier molecular flexibility index (Phi) is 5.76. The Labute approximate surface area is 166 Å². The maximum atomic E-state index is 13.1. The number of oxime groups is 1. The number of fused-ring (bicyclic) bond motifs is 1. The molecule has 0 saturated carbocycles. The van der Waals surface area contributed by atoms with Crippen LogP contribution < -0.4 is 5.32 Å². The molecule has 1 amide bonds. The number of ketones is 1. The molecule has 28 heavy (non-hydrogen) atoms. The molecule has 2 aliphatic heterocycles. The Hall–Kier alpha value is -2.21. The first-order chi connectivity index (χ1) is 13.7. The molecule has 2 unspecified atom stereocenters. The van der Waals surface area contributed by atoms with Gasteiger partial charge in [0.2, 0.25) is 5.91 Å². The summed E-state index contributed by atoms with van der Waals surface area (Å²) in [5.41, 5.74) is 2.78. The molecule has 3 aliphatic rings. The Balaban J connectivity index is 1.39. The monoisotopic (exact) mass is 383 g/mol. The molecule has 1 aromatic rings. The van der Waals surface area contributed by atoms with E-state index in [-0.39, 0.29) is 23.7 Å². The summed E-state index contributed by atoms with van der Waals surface area (Å²) in [6, 6.07) is 7.91. The quantitative estimate of drug-likeness (QED) is 0.464. The fourth-order valence-corrected chi connectivity index (χ4v) is 5.17. The maximum absolute atomic E-state index is 13.1. The molecule has 150 valence electrons. The second kappa shape index (κ2) is 8.43. The number of aryl methyl sites for hydroxylation is 1. The van der Waals surface area contributed by atoms with Gasteiger partial charge in [-0.25, -0.2) is 0 Å². The van der Waals surface area contributed by atoms with Crippen molar-refractivity contribution in [2.45, 2.75) is 57.0 Å². The second-order valence-electron chi connectivity index (χ2n) is 8.38. The minimum absolute atomic E-state index is 0.0211. The Morgan fingerprint density at radius 1 is 1.21 bits per heavy atom. The Morgan fingerprint density at radius 3 is 2.86 bits per heavy atom. The molecule has 0 aromatic heterocycles. The summed E-state index contributed by atoms with van der Waals surface area (Å²) in [5.74, 6) is 0.336. The number of hydrogen-bond donors (Lipinski definition) is 2. The van der Waals surface area contributed by atoms with Crippen LogP contribution in [0.2, 0.25) is 0 Å². The van der Waals surface area contributed by atoms with Crippen LogP contribution in [0.15, 0.2) is 29.4 Å². The van der Waals surface area contributed by atoms with Gasteiger partial charge in [-0.1, -0.05) is 29.4 Å². The summed E-state index contributed by atoms with van der Waals surface area (Å²) >= 11 is 0. The van der Waals surface area contributed by atoms with Gasteiger partial charge >= 0.3 is 0 Å². The average Bonchev–Trinajstić information content (AvgIpc) is 3.37. The highest BCUT2D eigenvalue weighted by Crippen LogP contribution is 2.31. The van der Waals surface area contributed by atoms with Gasteiger partial charge in [0.1, 0.15) is 5.78 Å². The maximum Gasteiger partial charge on any atom is 0.241 e. The number of amides is 1. The van der Waals surface area contributed by atoms with Gasteiger partial charge in [-0.15, -0.1) is 0 Å². The van der Waals surface area contributed by atoms with E-state index in [0.717, 1.165) is 38.5 Å². The van der Waals surface area contributed by atoms with Crippen LogP contribution >= 0.6 is 0 Å². The summed E-state index contributed by atoms with van der Waals surface area (Å²) in [7, 11) is 0. The van der Waals surface area contributed by atoms with Crippen LogP contribution in [0.4, 0.5) is 0 Å². The summed E-state index contributed by atoms with van der Waals surface area (Å²) in [6.07, 6.45) is 7.46. The SMILES string of the molecule is O=C(CC1CCc2ccccc2C1)C1CCN[C@H]1C(=O)N1CCC[C@H]1C=NO. The van der Waals surface area contributed by atoms with Crippen molar-refractivity contribution in [3.63, 3.8) is 0 Å². The highest BCUT2D eigenvalue weighted by atomic mass is 16.4. The molecular weight excluding hydrogens is 354 g/mol. The number of likely N-dealkylation sites (tertiary alicyclic amines) is 1. The fraction of sp³-hybridized carbons (Fsp3) is 0.591. The first kappa shape index (κ1) is 19.1. The van der Waals surface area contributed by atoms with Crippen molar-refractivity contribution in [2.24, 2.45) is 17.0 Å². The van der Waals surface area contributed by atoms with E-state index in [0.29, 0.717) is 25.4 Å². The van der Waals surface area contributed by atoms with E-state index < -0.39 is 6.04 Å². The third kappa shape index (κ3) is 3.83. The van der Waals surface area contributed by atoms with Gasteiger partial charge in [0, 0.05) is 18.9 Å². The third-order valence-corrected chi connectivity index (χ3v) is 6.66. The highest BCUT2D eigenvalue weighted by Gasteiger charge is 2.42. The minimum Gasteiger partial charge on any atom is -0.411 e. The Morgan fingerprint density at radius 2 is 2.04 bits per heavy atom. The first-order valence-corrected chi connectivity index (χ1v) is 10.5. The molecule has 2 N–H and O–H groups in total. The van der Waals surface area contributed by atoms with Crippen LogP contribution in [0.1, 0.15) is 43.2 Å². The van der Waals surface area contributed by atoms with Crippen LogP contribution in [0.5, 0.6) is 0 Å². The van der Waals surface area contributed by atoms with Crippen molar-refractivity contribution in [2.75, 3.05) is 13.1 Å². The van der Waals surface area contributed by atoms with Crippen molar-refractivity contribution in [1.29, 1.82) is 0 Å². The lowest BCUT2D eigenvalue weighted by Gasteiger charge is -2.29. The van der Waals surface area contributed by atoms with Crippen LogP contribution in [0.25, 0.3) is 0 Å². The molecular formula is C22H29N3O3. The number of nitrogens with one attached hydrogen (secondary N) is 1. The van der Waals surface area contributed by atoms with Crippen molar-refractivity contribution in [1.82, 2.24) is 10.2 Å². The second-order valence-corrected chi connectivity index (χ2v) is 8.38. The number of nitrogens with zero attached hydrogens (tertiary/aromatic N) is 2. The molecule has 0 bridgehead atoms. The number of carbonyl (C=O) groups is 2. The van der Waals surface area contributed by atoms with Gasteiger partial charge in [0.15, 0.2) is 0 Å². The molecule has 2 saturated heterocycles. The molecule has 1 aromatic carbocycles. The molecule has 4 rings (SSSR count). The molecule has 4 atom stereocenters. The first-order valence-electron chi connectivity index (χ1n) is 10.5. The lowest BCUT2D eigenvalue weighted by Crippen LogP contribution is -2.50. The minimum atomic E-state index is -0.434. The van der Waals surface area contributed by atoms with Gasteiger partial charge in [-0.2, -0.15) is 0 Å². The lowest BCUT2D eigenvalue weighted by molar-refractivity contribution is -0.137. The summed E-state index contributed by atoms with van der Waals surface area (Å²) in [6.45, 7) is 1.36. The van der Waals surface area contributed by atoms with Crippen molar-refractivity contribution >= 4 is 17.9 Å². The van der Waals surface area contributed by atoms with E-state index in [1.807, 2.05) is 0 Å². The van der Waals surface area contributed by atoms with Gasteiger partial charge in [0.25, 0.3) is 0 Å². The number of Topliss-reactive ketones (excluding diaryl/α,β-unsaturated/α-hetero) is 1. The Bertz CT molecular complexity index is 763.